The molecule has 0 aliphatic rings. The van der Waals surface area contributed by atoms with Gasteiger partial charge in [-0.15, -0.1) is 10.2 Å². The van der Waals surface area contributed by atoms with Gasteiger partial charge in [0.15, 0.2) is 5.82 Å². The van der Waals surface area contributed by atoms with Gasteiger partial charge in [-0.2, -0.15) is 5.21 Å². The lowest BCUT2D eigenvalue weighted by molar-refractivity contribution is 0.0949. The molecule has 1 amide bonds. The molecule has 0 aliphatic carbocycles. The van der Waals surface area contributed by atoms with E-state index in [0.717, 1.165) is 5.56 Å². The molecule has 0 aliphatic heterocycles. The molecule has 2 aromatic rings. The lowest BCUT2D eigenvalue weighted by Gasteiger charge is -2.06. The Morgan fingerprint density at radius 1 is 1.50 bits per heavy atom. The summed E-state index contributed by atoms with van der Waals surface area (Å²) in [5.41, 5.74) is 2.04. The number of carbonyl (C=O) groups excluding carboxylic acids is 1. The maximum Gasteiger partial charge on any atom is 0.251 e. The number of aryl methyl sites for hydroxylation is 1. The van der Waals surface area contributed by atoms with Gasteiger partial charge in [-0.05, 0) is 24.6 Å². The Labute approximate surface area is 115 Å². The fraction of sp³-hybridized carbons (Fsp3) is 0.231. The highest BCUT2D eigenvalue weighted by atomic mass is 16.2. The highest BCUT2D eigenvalue weighted by Crippen LogP contribution is 2.10. The standard InChI is InChI=1S/C13H13N5O2/c1-9-4-5-10(3-2-6-19)7-11(9)13(20)14-8-12-15-17-18-16-12/h4-5,7,19H,6,8H2,1H3,(H,14,20)(H,15,16,17,18). The first-order valence-corrected chi connectivity index (χ1v) is 5.91. The van der Waals surface area contributed by atoms with Crippen molar-refractivity contribution in [1.82, 2.24) is 25.9 Å². The lowest BCUT2D eigenvalue weighted by Crippen LogP contribution is -2.24. The Hall–Kier alpha value is -2.72. The molecule has 0 saturated carbocycles. The van der Waals surface area contributed by atoms with E-state index in [1.165, 1.54) is 0 Å². The Morgan fingerprint density at radius 3 is 3.05 bits per heavy atom. The number of hydrogen-bond donors (Lipinski definition) is 3. The van der Waals surface area contributed by atoms with Crippen LogP contribution in [-0.2, 0) is 6.54 Å². The molecule has 0 radical (unpaired) electrons. The van der Waals surface area contributed by atoms with Crippen molar-refractivity contribution >= 4 is 5.91 Å². The van der Waals surface area contributed by atoms with E-state index in [1.54, 1.807) is 12.1 Å². The fourth-order valence-electron chi connectivity index (χ4n) is 1.60. The number of carbonyl (C=O) groups is 1. The van der Waals surface area contributed by atoms with E-state index in [-0.39, 0.29) is 19.1 Å². The highest BCUT2D eigenvalue weighted by molar-refractivity contribution is 5.95. The quantitative estimate of drug-likeness (QED) is 0.670. The summed E-state index contributed by atoms with van der Waals surface area (Å²) in [5, 5.41) is 24.6. The third-order valence-electron chi connectivity index (χ3n) is 2.59. The molecule has 7 heteroatoms. The summed E-state index contributed by atoms with van der Waals surface area (Å²) >= 11 is 0. The van der Waals surface area contributed by atoms with E-state index in [1.807, 2.05) is 13.0 Å². The van der Waals surface area contributed by atoms with Gasteiger partial charge in [0, 0.05) is 11.1 Å². The zero-order valence-electron chi connectivity index (χ0n) is 10.8. The van der Waals surface area contributed by atoms with Gasteiger partial charge < -0.3 is 10.4 Å². The van der Waals surface area contributed by atoms with Gasteiger partial charge in [-0.25, -0.2) is 0 Å². The van der Waals surface area contributed by atoms with Crippen LogP contribution in [0.5, 0.6) is 0 Å². The van der Waals surface area contributed by atoms with E-state index >= 15 is 0 Å². The number of aromatic amines is 1. The van der Waals surface area contributed by atoms with Crippen LogP contribution >= 0.6 is 0 Å². The Balaban J connectivity index is 2.12. The van der Waals surface area contributed by atoms with Crippen molar-refractivity contribution in [2.75, 3.05) is 6.61 Å². The van der Waals surface area contributed by atoms with Gasteiger partial charge >= 0.3 is 0 Å². The third kappa shape index (κ3) is 3.40. The summed E-state index contributed by atoms with van der Waals surface area (Å²) in [6.45, 7) is 1.82. The van der Waals surface area contributed by atoms with Crippen molar-refractivity contribution in [1.29, 1.82) is 0 Å². The number of tetrazole rings is 1. The van der Waals surface area contributed by atoms with E-state index in [4.69, 9.17) is 5.11 Å². The molecule has 2 rings (SSSR count). The van der Waals surface area contributed by atoms with Gasteiger partial charge in [-0.3, -0.25) is 4.79 Å². The average molecular weight is 271 g/mol. The van der Waals surface area contributed by atoms with Crippen molar-refractivity contribution < 1.29 is 9.90 Å². The first-order valence-electron chi connectivity index (χ1n) is 5.91. The Kier molecular flexibility index (Phi) is 4.42. The number of nitrogens with one attached hydrogen (secondary N) is 2. The molecule has 0 fully saturated rings. The second-order valence-electron chi connectivity index (χ2n) is 4.00. The van der Waals surface area contributed by atoms with Crippen molar-refractivity contribution in [2.24, 2.45) is 0 Å². The highest BCUT2D eigenvalue weighted by Gasteiger charge is 2.10. The molecule has 0 saturated heterocycles. The van der Waals surface area contributed by atoms with Gasteiger partial charge in [0.25, 0.3) is 5.91 Å². The van der Waals surface area contributed by atoms with Crippen LogP contribution in [0.15, 0.2) is 18.2 Å². The van der Waals surface area contributed by atoms with Crippen molar-refractivity contribution in [3.05, 3.63) is 40.7 Å². The predicted molar refractivity (Wildman–Crippen MR) is 70.5 cm³/mol. The summed E-state index contributed by atoms with van der Waals surface area (Å²) in [4.78, 5) is 12.1. The molecule has 20 heavy (non-hydrogen) atoms. The lowest BCUT2D eigenvalue weighted by atomic mass is 10.0. The molecular weight excluding hydrogens is 258 g/mol. The predicted octanol–water partition coefficient (Wildman–Crippen LogP) is -0.218. The van der Waals surface area contributed by atoms with Crippen molar-refractivity contribution in [3.63, 3.8) is 0 Å². The monoisotopic (exact) mass is 271 g/mol. The first-order chi connectivity index (χ1) is 9.70. The molecule has 3 N–H and O–H groups in total. The summed E-state index contributed by atoms with van der Waals surface area (Å²) in [7, 11) is 0. The zero-order chi connectivity index (χ0) is 14.4. The van der Waals surface area contributed by atoms with Crippen LogP contribution in [0.25, 0.3) is 0 Å². The van der Waals surface area contributed by atoms with Crippen LogP contribution in [-0.4, -0.2) is 38.2 Å². The van der Waals surface area contributed by atoms with Gasteiger partial charge in [0.05, 0.1) is 6.54 Å². The topological polar surface area (TPSA) is 104 Å². The molecule has 7 nitrogen and oxygen atoms in total. The largest absolute Gasteiger partial charge is 0.384 e. The number of nitrogens with zero attached hydrogens (tertiary/aromatic N) is 3. The maximum absolute atomic E-state index is 12.1. The van der Waals surface area contributed by atoms with Gasteiger partial charge in [-0.1, -0.05) is 23.1 Å². The molecule has 102 valence electrons. The van der Waals surface area contributed by atoms with Crippen LogP contribution in [0, 0.1) is 18.8 Å². The first kappa shape index (κ1) is 13.7. The minimum Gasteiger partial charge on any atom is -0.384 e. The van der Waals surface area contributed by atoms with Crippen LogP contribution < -0.4 is 5.32 Å². The number of H-pyrrole nitrogens is 1. The van der Waals surface area contributed by atoms with Crippen LogP contribution in [0.3, 0.4) is 0 Å². The molecule has 1 aromatic carbocycles. The normalized spacial score (nSPS) is 9.70. The minimum absolute atomic E-state index is 0.196. The molecule has 0 bridgehead atoms. The Bertz CT molecular complexity index is 655. The number of aliphatic hydroxyl groups excluding tert-OH is 1. The maximum atomic E-state index is 12.1. The fourth-order valence-corrected chi connectivity index (χ4v) is 1.60. The van der Waals surface area contributed by atoms with Crippen molar-refractivity contribution in [2.45, 2.75) is 13.5 Å². The second-order valence-corrected chi connectivity index (χ2v) is 4.00. The third-order valence-corrected chi connectivity index (χ3v) is 2.59. The SMILES string of the molecule is Cc1ccc(C#CCO)cc1C(=O)NCc1nn[nH]n1. The molecule has 0 unspecified atom stereocenters. The van der Waals surface area contributed by atoms with E-state index < -0.39 is 0 Å². The smallest absolute Gasteiger partial charge is 0.251 e. The number of aliphatic hydroxyl groups is 1. The van der Waals surface area contributed by atoms with Crippen LogP contribution in [0.2, 0.25) is 0 Å². The molecule has 1 aromatic heterocycles. The number of amides is 1. The van der Waals surface area contributed by atoms with E-state index in [2.05, 4.69) is 37.8 Å². The molecule has 0 spiro atoms. The Morgan fingerprint density at radius 2 is 2.35 bits per heavy atom. The molecular formula is C13H13N5O2. The number of rotatable bonds is 3. The second kappa shape index (κ2) is 6.45. The van der Waals surface area contributed by atoms with Crippen LogP contribution in [0.1, 0.15) is 27.3 Å². The summed E-state index contributed by atoms with van der Waals surface area (Å²) in [6.07, 6.45) is 0. The van der Waals surface area contributed by atoms with Crippen LogP contribution in [0.4, 0.5) is 0 Å². The van der Waals surface area contributed by atoms with E-state index in [0.29, 0.717) is 17.0 Å². The van der Waals surface area contributed by atoms with Crippen molar-refractivity contribution in [3.8, 4) is 11.8 Å². The number of aromatic nitrogens is 4. The van der Waals surface area contributed by atoms with E-state index in [9.17, 15) is 4.79 Å². The minimum atomic E-state index is -0.236. The van der Waals surface area contributed by atoms with Gasteiger partial charge in [0.1, 0.15) is 6.61 Å². The molecule has 1 heterocycles. The summed E-state index contributed by atoms with van der Waals surface area (Å²) < 4.78 is 0. The number of hydrogen-bond acceptors (Lipinski definition) is 5. The average Bonchev–Trinajstić information content (AvgIpc) is 2.97. The summed E-state index contributed by atoms with van der Waals surface area (Å²) in [5.74, 6) is 5.49. The van der Waals surface area contributed by atoms with Gasteiger partial charge in [0.2, 0.25) is 0 Å². The summed E-state index contributed by atoms with van der Waals surface area (Å²) in [6, 6.07) is 5.29. The number of benzene rings is 1. The zero-order valence-corrected chi connectivity index (χ0v) is 10.8. The molecule has 0 atom stereocenters.